The number of H-pyrrole nitrogens is 1. The van der Waals surface area contributed by atoms with E-state index >= 15 is 0 Å². The fourth-order valence-corrected chi connectivity index (χ4v) is 3.27. The summed E-state index contributed by atoms with van der Waals surface area (Å²) in [6.45, 7) is 7.10. The van der Waals surface area contributed by atoms with E-state index in [0.29, 0.717) is 35.4 Å². The van der Waals surface area contributed by atoms with Crippen molar-refractivity contribution in [3.63, 3.8) is 0 Å². The highest BCUT2D eigenvalue weighted by atomic mass is 32.1. The first-order valence-corrected chi connectivity index (χ1v) is 9.47. The first kappa shape index (κ1) is 19.2. The summed E-state index contributed by atoms with van der Waals surface area (Å²) in [5, 5.41) is 0. The second-order valence-electron chi connectivity index (χ2n) is 6.51. The molecule has 0 aliphatic carbocycles. The van der Waals surface area contributed by atoms with Crippen LogP contribution in [-0.4, -0.2) is 42.1 Å². The van der Waals surface area contributed by atoms with E-state index in [2.05, 4.69) is 35.0 Å². The number of benzene rings is 2. The number of aryl methyl sites for hydroxylation is 1. The molecular formula is C21H25N3O2S. The van der Waals surface area contributed by atoms with E-state index < -0.39 is 0 Å². The first-order valence-electron chi connectivity index (χ1n) is 9.06. The van der Waals surface area contributed by atoms with Gasteiger partial charge in [-0.1, -0.05) is 23.8 Å². The first-order chi connectivity index (χ1) is 12.9. The van der Waals surface area contributed by atoms with Gasteiger partial charge in [-0.2, -0.15) is 0 Å². The quantitative estimate of drug-likeness (QED) is 0.481. The fourth-order valence-electron chi connectivity index (χ4n) is 3.01. The highest BCUT2D eigenvalue weighted by Gasteiger charge is 2.17. The molecule has 0 amide bonds. The number of hydrogen-bond acceptors (Lipinski definition) is 5. The van der Waals surface area contributed by atoms with Crippen LogP contribution in [0.1, 0.15) is 30.8 Å². The lowest BCUT2D eigenvalue weighted by Crippen LogP contribution is -2.14. The van der Waals surface area contributed by atoms with Crippen molar-refractivity contribution in [2.75, 3.05) is 32.2 Å². The van der Waals surface area contributed by atoms with Crippen molar-refractivity contribution in [2.24, 2.45) is 0 Å². The number of nitrogens with zero attached hydrogens (tertiary/aromatic N) is 2. The molecule has 0 saturated carbocycles. The maximum atomic E-state index is 5.78. The van der Waals surface area contributed by atoms with Gasteiger partial charge in [-0.15, -0.1) is 0 Å². The Morgan fingerprint density at radius 3 is 2.37 bits per heavy atom. The molecule has 3 aromatic rings. The Balaban J connectivity index is 2.07. The minimum atomic E-state index is 0.566. The van der Waals surface area contributed by atoms with E-state index in [4.69, 9.17) is 26.7 Å². The van der Waals surface area contributed by atoms with Crippen LogP contribution in [0, 0.1) is 6.92 Å². The molecule has 5 nitrogen and oxygen atoms in total. The summed E-state index contributed by atoms with van der Waals surface area (Å²) in [6, 6.07) is 10.1. The van der Waals surface area contributed by atoms with Crippen LogP contribution in [0.4, 0.5) is 5.69 Å². The molecule has 2 aromatic carbocycles. The number of aromatic amines is 1. The summed E-state index contributed by atoms with van der Waals surface area (Å²) in [4.78, 5) is 10.8. The van der Waals surface area contributed by atoms with Crippen molar-refractivity contribution < 1.29 is 9.47 Å². The van der Waals surface area contributed by atoms with Gasteiger partial charge in [0, 0.05) is 37.5 Å². The van der Waals surface area contributed by atoms with Gasteiger partial charge in [0.15, 0.2) is 11.5 Å². The molecule has 0 spiro atoms. The van der Waals surface area contributed by atoms with Crippen molar-refractivity contribution in [3.05, 3.63) is 47.3 Å². The molecule has 0 bridgehead atoms. The van der Waals surface area contributed by atoms with E-state index in [1.54, 1.807) is 0 Å². The van der Waals surface area contributed by atoms with Gasteiger partial charge >= 0.3 is 0 Å². The lowest BCUT2D eigenvalue weighted by Gasteiger charge is -2.18. The third kappa shape index (κ3) is 3.90. The number of ether oxygens (including phenoxy) is 2. The van der Waals surface area contributed by atoms with Gasteiger partial charge in [0.25, 0.3) is 0 Å². The number of aromatic nitrogens is 2. The zero-order valence-corrected chi connectivity index (χ0v) is 17.2. The predicted octanol–water partition coefficient (Wildman–Crippen LogP) is 4.50. The summed E-state index contributed by atoms with van der Waals surface area (Å²) >= 11 is 5.78. The Hall–Kier alpha value is -2.60. The molecule has 0 saturated heterocycles. The van der Waals surface area contributed by atoms with Crippen molar-refractivity contribution in [1.82, 2.24) is 9.97 Å². The zero-order chi connectivity index (χ0) is 19.6. The van der Waals surface area contributed by atoms with Gasteiger partial charge in [-0.05, 0) is 32.9 Å². The number of imidazole rings is 1. The van der Waals surface area contributed by atoms with Crippen molar-refractivity contribution >= 4 is 33.8 Å². The van der Waals surface area contributed by atoms with Crippen LogP contribution in [-0.2, 0) is 0 Å². The molecular weight excluding hydrogens is 358 g/mol. The maximum absolute atomic E-state index is 5.78. The number of hydrogen-bond donors (Lipinski definition) is 1. The monoisotopic (exact) mass is 383 g/mol. The minimum Gasteiger partial charge on any atom is -0.490 e. The molecule has 6 heteroatoms. The van der Waals surface area contributed by atoms with E-state index in [1.807, 2.05) is 40.1 Å². The highest BCUT2D eigenvalue weighted by Crippen LogP contribution is 2.32. The maximum Gasteiger partial charge on any atom is 0.163 e. The fraction of sp³-hybridized carbons (Fsp3) is 0.333. The van der Waals surface area contributed by atoms with E-state index in [9.17, 15) is 0 Å². The van der Waals surface area contributed by atoms with Crippen LogP contribution < -0.4 is 14.4 Å². The third-order valence-corrected chi connectivity index (χ3v) is 4.65. The number of rotatable bonds is 7. The van der Waals surface area contributed by atoms with Gasteiger partial charge in [0.1, 0.15) is 5.82 Å². The summed E-state index contributed by atoms with van der Waals surface area (Å²) < 4.78 is 11.4. The molecule has 1 N–H and O–H groups in total. The Kier molecular flexibility index (Phi) is 5.65. The largest absolute Gasteiger partial charge is 0.490 e. The van der Waals surface area contributed by atoms with Crippen molar-refractivity contribution in [1.29, 1.82) is 0 Å². The topological polar surface area (TPSA) is 50.4 Å². The summed E-state index contributed by atoms with van der Waals surface area (Å²) in [6.07, 6.45) is 0. The molecule has 0 atom stereocenters. The van der Waals surface area contributed by atoms with Gasteiger partial charge < -0.3 is 19.4 Å². The minimum absolute atomic E-state index is 0.566. The summed E-state index contributed by atoms with van der Waals surface area (Å²) in [5.74, 6) is 2.07. The van der Waals surface area contributed by atoms with Gasteiger partial charge in [-0.3, -0.25) is 0 Å². The third-order valence-electron chi connectivity index (χ3n) is 4.24. The molecule has 0 radical (unpaired) electrons. The van der Waals surface area contributed by atoms with Crippen molar-refractivity contribution in [3.8, 4) is 11.5 Å². The van der Waals surface area contributed by atoms with E-state index in [1.165, 1.54) is 0 Å². The van der Waals surface area contributed by atoms with Gasteiger partial charge in [-0.25, -0.2) is 4.98 Å². The number of nitrogens with one attached hydrogen (secondary N) is 1. The zero-order valence-electron chi connectivity index (χ0n) is 16.4. The Bertz CT molecular complexity index is 936. The average Bonchev–Trinajstić information content (AvgIpc) is 3.04. The predicted molar refractivity (Wildman–Crippen MR) is 115 cm³/mol. The molecule has 1 heterocycles. The second-order valence-corrected chi connectivity index (χ2v) is 6.92. The van der Waals surface area contributed by atoms with Crippen LogP contribution in [0.5, 0.6) is 11.5 Å². The van der Waals surface area contributed by atoms with E-state index in [0.717, 1.165) is 27.8 Å². The van der Waals surface area contributed by atoms with Crippen molar-refractivity contribution in [2.45, 2.75) is 20.8 Å². The summed E-state index contributed by atoms with van der Waals surface area (Å²) in [7, 11) is 4.02. The highest BCUT2D eigenvalue weighted by molar-refractivity contribution is 7.81. The molecule has 27 heavy (non-hydrogen) atoms. The van der Waals surface area contributed by atoms with Gasteiger partial charge in [0.05, 0.1) is 29.1 Å². The molecule has 0 aliphatic heterocycles. The van der Waals surface area contributed by atoms with E-state index in [-0.39, 0.29) is 0 Å². The molecule has 3 rings (SSSR count). The molecule has 142 valence electrons. The van der Waals surface area contributed by atoms with Crippen LogP contribution in [0.25, 0.3) is 11.0 Å². The lowest BCUT2D eigenvalue weighted by molar-refractivity contribution is 0.288. The molecule has 1 aromatic heterocycles. The lowest BCUT2D eigenvalue weighted by atomic mass is 10.1. The van der Waals surface area contributed by atoms with Gasteiger partial charge in [0.2, 0.25) is 0 Å². The number of anilines is 1. The molecule has 0 unspecified atom stereocenters. The van der Waals surface area contributed by atoms with Crippen LogP contribution in [0.15, 0.2) is 30.3 Å². The second kappa shape index (κ2) is 7.96. The Morgan fingerprint density at radius 2 is 1.74 bits per heavy atom. The number of fused-ring (bicyclic) bond motifs is 1. The summed E-state index contributed by atoms with van der Waals surface area (Å²) in [5.41, 5.74) is 4.89. The van der Waals surface area contributed by atoms with Crippen LogP contribution >= 0.6 is 12.2 Å². The van der Waals surface area contributed by atoms with Crippen LogP contribution in [0.2, 0.25) is 0 Å². The molecule has 0 aliphatic rings. The smallest absolute Gasteiger partial charge is 0.163 e. The number of thiocarbonyl (C=S) groups is 1. The average molecular weight is 384 g/mol. The Labute approximate surface area is 165 Å². The normalized spacial score (nSPS) is 10.9. The SMILES string of the molecule is CCOc1cc2nc(C(=S)c3cc(C)ccc3N(C)C)[nH]c2cc1OCC. The standard InChI is InChI=1S/C21H25N3O2S/c1-6-25-18-11-15-16(12-19(18)26-7-2)23-21(22-15)20(27)14-10-13(3)8-9-17(14)24(4)5/h8-12H,6-7H2,1-5H3,(H,22,23). The Morgan fingerprint density at radius 1 is 1.07 bits per heavy atom. The van der Waals surface area contributed by atoms with Crippen LogP contribution in [0.3, 0.4) is 0 Å². The molecule has 0 fully saturated rings.